The highest BCUT2D eigenvalue weighted by Crippen LogP contribution is 2.18. The number of nitrogen functional groups attached to an aromatic ring is 1. The molecule has 2 rings (SSSR count). The maximum atomic E-state index is 11.8. The summed E-state index contributed by atoms with van der Waals surface area (Å²) in [6, 6.07) is 0.0701. The van der Waals surface area contributed by atoms with Crippen molar-refractivity contribution in [2.24, 2.45) is 0 Å². The van der Waals surface area contributed by atoms with E-state index in [2.05, 4.69) is 20.3 Å². The summed E-state index contributed by atoms with van der Waals surface area (Å²) in [4.78, 5) is 25.6. The van der Waals surface area contributed by atoms with Crippen molar-refractivity contribution < 1.29 is 9.53 Å². The van der Waals surface area contributed by atoms with Crippen LogP contribution in [0.15, 0.2) is 0 Å². The lowest BCUT2D eigenvalue weighted by Crippen LogP contribution is -2.46. The third kappa shape index (κ3) is 4.87. The molecule has 122 valence electrons. The Labute approximate surface area is 134 Å². The van der Waals surface area contributed by atoms with Crippen LogP contribution in [0.25, 0.3) is 0 Å². The number of hydrogen-bond donors (Lipinski definition) is 2. The highest BCUT2D eigenvalue weighted by Gasteiger charge is 2.25. The smallest absolute Gasteiger partial charge is 0.407 e. The van der Waals surface area contributed by atoms with Gasteiger partial charge < -0.3 is 20.7 Å². The molecule has 0 saturated carbocycles. The topological polar surface area (TPSA) is 106 Å². The number of ether oxygens (including phenoxy) is 1. The first-order valence-corrected chi connectivity index (χ1v) is 7.52. The van der Waals surface area contributed by atoms with E-state index in [9.17, 15) is 4.79 Å². The third-order valence-electron chi connectivity index (χ3n) is 3.11. The number of nitrogens with one attached hydrogen (secondary N) is 1. The Morgan fingerprint density at radius 3 is 2.50 bits per heavy atom. The fraction of sp³-hybridized carbons (Fsp3) is 0.692. The third-order valence-corrected chi connectivity index (χ3v) is 3.28. The van der Waals surface area contributed by atoms with Gasteiger partial charge in [0.15, 0.2) is 0 Å². The molecule has 1 aliphatic heterocycles. The first-order chi connectivity index (χ1) is 10.2. The largest absolute Gasteiger partial charge is 0.444 e. The van der Waals surface area contributed by atoms with E-state index < -0.39 is 11.7 Å². The van der Waals surface area contributed by atoms with E-state index in [0.29, 0.717) is 19.0 Å². The van der Waals surface area contributed by atoms with Crippen molar-refractivity contribution in [1.29, 1.82) is 0 Å². The zero-order valence-corrected chi connectivity index (χ0v) is 13.7. The van der Waals surface area contributed by atoms with Gasteiger partial charge in [0.25, 0.3) is 0 Å². The maximum Gasteiger partial charge on any atom is 0.407 e. The van der Waals surface area contributed by atoms with Crippen molar-refractivity contribution in [3.8, 4) is 0 Å². The lowest BCUT2D eigenvalue weighted by molar-refractivity contribution is 0.0497. The monoisotopic (exact) mass is 328 g/mol. The number of nitrogens with two attached hydrogens (primary N) is 1. The van der Waals surface area contributed by atoms with Crippen molar-refractivity contribution >= 4 is 29.6 Å². The van der Waals surface area contributed by atoms with Crippen LogP contribution in [0.1, 0.15) is 33.6 Å². The molecule has 1 amide bonds. The van der Waals surface area contributed by atoms with Crippen LogP contribution < -0.4 is 16.0 Å². The lowest BCUT2D eigenvalue weighted by Gasteiger charge is -2.32. The Hall–Kier alpha value is -1.83. The van der Waals surface area contributed by atoms with Gasteiger partial charge in [0, 0.05) is 19.1 Å². The molecule has 2 heterocycles. The van der Waals surface area contributed by atoms with Crippen LogP contribution in [0.4, 0.5) is 16.7 Å². The number of carbonyl (C=O) groups excluding carboxylic acids is 1. The highest BCUT2D eigenvalue weighted by atomic mass is 35.5. The molecule has 0 bridgehead atoms. The number of piperidine rings is 1. The summed E-state index contributed by atoms with van der Waals surface area (Å²) in [6.45, 7) is 6.90. The molecule has 0 aromatic carbocycles. The van der Waals surface area contributed by atoms with Crippen LogP contribution in [-0.2, 0) is 4.74 Å². The van der Waals surface area contributed by atoms with Crippen LogP contribution in [0.2, 0.25) is 5.28 Å². The first kappa shape index (κ1) is 16.5. The predicted octanol–water partition coefficient (Wildman–Crippen LogP) is 1.60. The summed E-state index contributed by atoms with van der Waals surface area (Å²) >= 11 is 5.79. The number of aromatic nitrogens is 3. The first-order valence-electron chi connectivity index (χ1n) is 7.14. The molecule has 8 nitrogen and oxygen atoms in total. The van der Waals surface area contributed by atoms with Crippen molar-refractivity contribution in [2.75, 3.05) is 23.7 Å². The fourth-order valence-electron chi connectivity index (χ4n) is 2.19. The summed E-state index contributed by atoms with van der Waals surface area (Å²) in [5.41, 5.74) is 5.08. The second kappa shape index (κ2) is 6.51. The van der Waals surface area contributed by atoms with Crippen molar-refractivity contribution in [1.82, 2.24) is 20.3 Å². The molecule has 0 aliphatic carbocycles. The fourth-order valence-corrected chi connectivity index (χ4v) is 2.36. The van der Waals surface area contributed by atoms with E-state index in [1.165, 1.54) is 0 Å². The zero-order chi connectivity index (χ0) is 16.3. The van der Waals surface area contributed by atoms with Crippen LogP contribution in [0.5, 0.6) is 0 Å². The molecule has 0 spiro atoms. The predicted molar refractivity (Wildman–Crippen MR) is 83.9 cm³/mol. The molecule has 1 fully saturated rings. The van der Waals surface area contributed by atoms with Gasteiger partial charge in [-0.15, -0.1) is 0 Å². The summed E-state index contributed by atoms with van der Waals surface area (Å²) in [5.74, 6) is 0.567. The quantitative estimate of drug-likeness (QED) is 0.849. The molecule has 1 aromatic rings. The zero-order valence-electron chi connectivity index (χ0n) is 13.0. The molecule has 3 N–H and O–H groups in total. The van der Waals surface area contributed by atoms with Gasteiger partial charge in [-0.05, 0) is 45.2 Å². The van der Waals surface area contributed by atoms with Gasteiger partial charge in [-0.25, -0.2) is 4.79 Å². The SMILES string of the molecule is CC(C)(C)OC(=O)NC1CCN(c2nc(N)nc(Cl)n2)CC1. The normalized spacial score (nSPS) is 16.5. The second-order valence-electron chi connectivity index (χ2n) is 6.17. The number of alkyl carbamates (subject to hydrolysis) is 1. The van der Waals surface area contributed by atoms with E-state index in [1.54, 1.807) is 0 Å². The average molecular weight is 329 g/mol. The van der Waals surface area contributed by atoms with E-state index in [4.69, 9.17) is 22.1 Å². The van der Waals surface area contributed by atoms with Gasteiger partial charge in [-0.2, -0.15) is 15.0 Å². The number of carbonyl (C=O) groups is 1. The average Bonchev–Trinajstić information content (AvgIpc) is 2.36. The van der Waals surface area contributed by atoms with E-state index in [0.717, 1.165) is 12.8 Å². The van der Waals surface area contributed by atoms with Crippen molar-refractivity contribution in [3.63, 3.8) is 0 Å². The standard InChI is InChI=1S/C13H21ClN6O2/c1-13(2,3)22-12(21)16-8-4-6-20(7-5-8)11-18-9(14)17-10(15)19-11/h8H,4-7H2,1-3H3,(H,16,21)(H2,15,17,18,19). The van der Waals surface area contributed by atoms with Gasteiger partial charge >= 0.3 is 6.09 Å². The van der Waals surface area contributed by atoms with Crippen LogP contribution in [0, 0.1) is 0 Å². The molecular weight excluding hydrogens is 308 g/mol. The van der Waals surface area contributed by atoms with Crippen molar-refractivity contribution in [2.45, 2.75) is 45.3 Å². The number of anilines is 2. The molecule has 0 atom stereocenters. The maximum absolute atomic E-state index is 11.8. The number of amides is 1. The van der Waals surface area contributed by atoms with E-state index in [-0.39, 0.29) is 17.3 Å². The lowest BCUT2D eigenvalue weighted by atomic mass is 10.1. The number of rotatable bonds is 2. The van der Waals surface area contributed by atoms with E-state index in [1.807, 2.05) is 25.7 Å². The minimum absolute atomic E-state index is 0.0701. The minimum atomic E-state index is -0.496. The molecule has 0 unspecified atom stereocenters. The summed E-state index contributed by atoms with van der Waals surface area (Å²) in [5, 5.41) is 2.96. The number of halogens is 1. The number of nitrogens with zero attached hydrogens (tertiary/aromatic N) is 4. The van der Waals surface area contributed by atoms with Gasteiger partial charge in [0.05, 0.1) is 0 Å². The summed E-state index contributed by atoms with van der Waals surface area (Å²) < 4.78 is 5.25. The Balaban J connectivity index is 1.86. The van der Waals surface area contributed by atoms with Gasteiger partial charge in [0.2, 0.25) is 17.2 Å². The van der Waals surface area contributed by atoms with E-state index >= 15 is 0 Å². The van der Waals surface area contributed by atoms with Gasteiger partial charge in [-0.1, -0.05) is 0 Å². The van der Waals surface area contributed by atoms with Gasteiger partial charge in [-0.3, -0.25) is 0 Å². The summed E-state index contributed by atoms with van der Waals surface area (Å²) in [6.07, 6.45) is 1.14. The van der Waals surface area contributed by atoms with Crippen LogP contribution in [-0.4, -0.2) is 45.8 Å². The molecule has 1 aromatic heterocycles. The molecule has 9 heteroatoms. The molecular formula is C13H21ClN6O2. The Kier molecular flexibility index (Phi) is 4.90. The molecule has 22 heavy (non-hydrogen) atoms. The summed E-state index contributed by atoms with van der Waals surface area (Å²) in [7, 11) is 0. The van der Waals surface area contributed by atoms with Crippen LogP contribution >= 0.6 is 11.6 Å². The Morgan fingerprint density at radius 2 is 1.95 bits per heavy atom. The molecule has 1 aliphatic rings. The minimum Gasteiger partial charge on any atom is -0.444 e. The van der Waals surface area contributed by atoms with Crippen LogP contribution in [0.3, 0.4) is 0 Å². The highest BCUT2D eigenvalue weighted by molar-refractivity contribution is 6.28. The van der Waals surface area contributed by atoms with Gasteiger partial charge in [0.1, 0.15) is 5.60 Å². The van der Waals surface area contributed by atoms with Crippen molar-refractivity contribution in [3.05, 3.63) is 5.28 Å². The molecule has 1 saturated heterocycles. The number of hydrogen-bond acceptors (Lipinski definition) is 7. The molecule has 0 radical (unpaired) electrons. The Bertz CT molecular complexity index is 520. The Morgan fingerprint density at radius 1 is 1.32 bits per heavy atom. The second-order valence-corrected chi connectivity index (χ2v) is 6.51.